The van der Waals surface area contributed by atoms with Gasteiger partial charge in [0, 0.05) is 0 Å². The number of carbonyl (C=O) groups is 3. The van der Waals surface area contributed by atoms with Gasteiger partial charge in [-0.2, -0.15) is 0 Å². The van der Waals surface area contributed by atoms with Gasteiger partial charge in [-0.1, -0.05) is 0 Å². The molecule has 18 heavy (non-hydrogen) atoms. The first-order chi connectivity index (χ1) is 8.03. The summed E-state index contributed by atoms with van der Waals surface area (Å²) in [7, 11) is 0. The normalized spacial score (nSPS) is 14.4. The van der Waals surface area contributed by atoms with Crippen LogP contribution in [-0.2, 0) is 14.3 Å². The molecular formula is C10H17NO7. The monoisotopic (exact) mass is 263 g/mol. The Morgan fingerprint density at radius 3 is 2.06 bits per heavy atom. The Labute approximate surface area is 104 Å². The zero-order valence-corrected chi connectivity index (χ0v) is 10.3. The van der Waals surface area contributed by atoms with Gasteiger partial charge in [0.2, 0.25) is 0 Å². The minimum atomic E-state index is -1.74. The minimum Gasteiger partial charge on any atom is -0.481 e. The van der Waals surface area contributed by atoms with Crippen molar-refractivity contribution in [1.82, 2.24) is 5.32 Å². The quantitative estimate of drug-likeness (QED) is 0.539. The number of carbonyl (C=O) groups excluding carboxylic acids is 1. The predicted molar refractivity (Wildman–Crippen MR) is 59.1 cm³/mol. The summed E-state index contributed by atoms with van der Waals surface area (Å²) in [6.07, 6.45) is -3.58. The highest BCUT2D eigenvalue weighted by molar-refractivity contribution is 5.81. The SMILES string of the molecule is CC(C)(C)OC(=O)N[C@H](C(=O)O)[C@H](O)CC(=O)O. The molecule has 0 rings (SSSR count). The summed E-state index contributed by atoms with van der Waals surface area (Å²) in [4.78, 5) is 32.5. The number of carboxylic acid groups (broad SMARTS) is 2. The van der Waals surface area contributed by atoms with E-state index in [1.165, 1.54) is 0 Å². The molecule has 0 radical (unpaired) electrons. The molecule has 0 saturated heterocycles. The van der Waals surface area contributed by atoms with Gasteiger partial charge in [0.05, 0.1) is 12.5 Å². The first-order valence-corrected chi connectivity index (χ1v) is 5.15. The number of alkyl carbamates (subject to hydrolysis) is 1. The van der Waals surface area contributed by atoms with Crippen LogP contribution in [0.3, 0.4) is 0 Å². The van der Waals surface area contributed by atoms with Crippen LogP contribution in [0.15, 0.2) is 0 Å². The van der Waals surface area contributed by atoms with Gasteiger partial charge in [-0.25, -0.2) is 9.59 Å². The average Bonchev–Trinajstić information content (AvgIpc) is 2.09. The van der Waals surface area contributed by atoms with Gasteiger partial charge in [0.15, 0.2) is 6.04 Å². The minimum absolute atomic E-state index is 0.799. The smallest absolute Gasteiger partial charge is 0.408 e. The number of ether oxygens (including phenoxy) is 1. The van der Waals surface area contributed by atoms with Crippen LogP contribution in [-0.4, -0.2) is 51.1 Å². The lowest BCUT2D eigenvalue weighted by Crippen LogP contribution is -2.50. The fourth-order valence-corrected chi connectivity index (χ4v) is 1.05. The van der Waals surface area contributed by atoms with Gasteiger partial charge in [-0.05, 0) is 20.8 Å². The lowest BCUT2D eigenvalue weighted by atomic mass is 10.1. The fourth-order valence-electron chi connectivity index (χ4n) is 1.05. The number of carboxylic acids is 2. The topological polar surface area (TPSA) is 133 Å². The molecule has 8 nitrogen and oxygen atoms in total. The molecule has 0 aliphatic heterocycles. The van der Waals surface area contributed by atoms with Gasteiger partial charge in [-0.15, -0.1) is 0 Å². The standard InChI is InChI=1S/C10H17NO7/c1-10(2,3)18-9(17)11-7(8(15)16)5(12)4-6(13)14/h5,7,12H,4H2,1-3H3,(H,11,17)(H,13,14)(H,15,16)/t5-,7+/m1/s1. The van der Waals surface area contributed by atoms with Crippen molar-refractivity contribution in [3.8, 4) is 0 Å². The Balaban J connectivity index is 4.59. The maximum atomic E-state index is 11.3. The third kappa shape index (κ3) is 6.69. The molecule has 0 aromatic rings. The highest BCUT2D eigenvalue weighted by Crippen LogP contribution is 2.08. The highest BCUT2D eigenvalue weighted by Gasteiger charge is 2.31. The average molecular weight is 263 g/mol. The van der Waals surface area contributed by atoms with Crippen molar-refractivity contribution in [2.45, 2.75) is 44.9 Å². The Morgan fingerprint density at radius 1 is 1.22 bits per heavy atom. The summed E-state index contributed by atoms with van der Waals surface area (Å²) in [6.45, 7) is 4.74. The Bertz CT molecular complexity index is 334. The second-order valence-electron chi connectivity index (χ2n) is 4.63. The van der Waals surface area contributed by atoms with Crippen LogP contribution >= 0.6 is 0 Å². The van der Waals surface area contributed by atoms with E-state index < -0.39 is 42.2 Å². The van der Waals surface area contributed by atoms with Crippen molar-refractivity contribution in [3.05, 3.63) is 0 Å². The molecule has 2 atom stereocenters. The highest BCUT2D eigenvalue weighted by atomic mass is 16.6. The largest absolute Gasteiger partial charge is 0.481 e. The van der Waals surface area contributed by atoms with Crippen molar-refractivity contribution in [3.63, 3.8) is 0 Å². The summed E-state index contributed by atoms with van der Waals surface area (Å²) in [6, 6.07) is -1.74. The van der Waals surface area contributed by atoms with Gasteiger partial charge < -0.3 is 25.4 Å². The number of aliphatic hydroxyl groups excluding tert-OH is 1. The molecule has 0 spiro atoms. The molecule has 1 amide bonds. The van der Waals surface area contributed by atoms with E-state index in [-0.39, 0.29) is 0 Å². The maximum absolute atomic E-state index is 11.3. The van der Waals surface area contributed by atoms with Crippen LogP contribution in [0.5, 0.6) is 0 Å². The molecule has 0 aliphatic rings. The lowest BCUT2D eigenvalue weighted by Gasteiger charge is -2.23. The Kier molecular flexibility index (Phi) is 5.57. The first kappa shape index (κ1) is 16.2. The van der Waals surface area contributed by atoms with Crippen LogP contribution in [0.2, 0.25) is 0 Å². The first-order valence-electron chi connectivity index (χ1n) is 5.15. The van der Waals surface area contributed by atoms with Crippen molar-refractivity contribution in [2.24, 2.45) is 0 Å². The molecule has 0 aromatic carbocycles. The lowest BCUT2D eigenvalue weighted by molar-refractivity contribution is -0.145. The number of hydrogen-bond acceptors (Lipinski definition) is 5. The maximum Gasteiger partial charge on any atom is 0.408 e. The van der Waals surface area contributed by atoms with Crippen molar-refractivity contribution in [1.29, 1.82) is 0 Å². The zero-order valence-electron chi connectivity index (χ0n) is 10.3. The summed E-state index contributed by atoms with van der Waals surface area (Å²) < 4.78 is 4.80. The van der Waals surface area contributed by atoms with Gasteiger partial charge in [-0.3, -0.25) is 4.79 Å². The van der Waals surface area contributed by atoms with E-state index in [1.54, 1.807) is 20.8 Å². The third-order valence-electron chi connectivity index (χ3n) is 1.71. The van der Waals surface area contributed by atoms with Crippen molar-refractivity contribution in [2.75, 3.05) is 0 Å². The van der Waals surface area contributed by atoms with E-state index in [9.17, 15) is 19.5 Å². The second-order valence-corrected chi connectivity index (χ2v) is 4.63. The van der Waals surface area contributed by atoms with Crippen LogP contribution < -0.4 is 5.32 Å². The zero-order chi connectivity index (χ0) is 14.5. The molecule has 104 valence electrons. The number of amides is 1. The fraction of sp³-hybridized carbons (Fsp3) is 0.700. The Morgan fingerprint density at radius 2 is 1.72 bits per heavy atom. The number of hydrogen-bond donors (Lipinski definition) is 4. The van der Waals surface area contributed by atoms with Crippen LogP contribution in [0, 0.1) is 0 Å². The number of aliphatic carboxylic acids is 2. The summed E-state index contributed by atoms with van der Waals surface area (Å²) in [5.74, 6) is -2.92. The van der Waals surface area contributed by atoms with Gasteiger partial charge in [0.25, 0.3) is 0 Å². The number of aliphatic hydroxyl groups is 1. The van der Waals surface area contributed by atoms with Crippen LogP contribution in [0.1, 0.15) is 27.2 Å². The molecule has 0 heterocycles. The molecule has 0 fully saturated rings. The van der Waals surface area contributed by atoms with E-state index in [2.05, 4.69) is 0 Å². The van der Waals surface area contributed by atoms with Gasteiger partial charge >= 0.3 is 18.0 Å². The molecule has 0 aliphatic carbocycles. The molecule has 0 unspecified atom stereocenters. The van der Waals surface area contributed by atoms with Crippen molar-refractivity contribution >= 4 is 18.0 Å². The van der Waals surface area contributed by atoms with Crippen molar-refractivity contribution < 1.29 is 34.4 Å². The van der Waals surface area contributed by atoms with E-state index in [4.69, 9.17) is 14.9 Å². The van der Waals surface area contributed by atoms with Gasteiger partial charge in [0.1, 0.15) is 5.60 Å². The van der Waals surface area contributed by atoms with E-state index in [0.29, 0.717) is 0 Å². The van der Waals surface area contributed by atoms with E-state index >= 15 is 0 Å². The van der Waals surface area contributed by atoms with E-state index in [1.807, 2.05) is 5.32 Å². The molecule has 0 aromatic heterocycles. The second kappa shape index (κ2) is 6.20. The van der Waals surface area contributed by atoms with Crippen LogP contribution in [0.4, 0.5) is 4.79 Å². The number of nitrogens with one attached hydrogen (secondary N) is 1. The number of rotatable bonds is 5. The van der Waals surface area contributed by atoms with Crippen LogP contribution in [0.25, 0.3) is 0 Å². The predicted octanol–water partition coefficient (Wildman–Crippen LogP) is -0.200. The molecule has 0 saturated carbocycles. The van der Waals surface area contributed by atoms with E-state index in [0.717, 1.165) is 0 Å². The Hall–Kier alpha value is -1.83. The summed E-state index contributed by atoms with van der Waals surface area (Å²) in [5, 5.41) is 28.5. The summed E-state index contributed by atoms with van der Waals surface area (Å²) in [5.41, 5.74) is -0.828. The molecule has 8 heteroatoms. The summed E-state index contributed by atoms with van der Waals surface area (Å²) >= 11 is 0. The molecule has 0 bridgehead atoms. The molecule has 4 N–H and O–H groups in total. The molecular weight excluding hydrogens is 246 g/mol. The third-order valence-corrected chi connectivity index (χ3v) is 1.71.